The summed E-state index contributed by atoms with van der Waals surface area (Å²) in [6, 6.07) is 0. The Morgan fingerprint density at radius 3 is 2.47 bits per heavy atom. The second kappa shape index (κ2) is 12.8. The van der Waals surface area contributed by atoms with E-state index in [1.165, 1.54) is 5.57 Å². The van der Waals surface area contributed by atoms with Crippen LogP contribution in [-0.2, 0) is 9.53 Å². The predicted octanol–water partition coefficient (Wildman–Crippen LogP) is 3.99. The van der Waals surface area contributed by atoms with Gasteiger partial charge in [-0.2, -0.15) is 0 Å². The van der Waals surface area contributed by atoms with Crippen LogP contribution in [0.5, 0.6) is 0 Å². The molecule has 0 aromatic rings. The van der Waals surface area contributed by atoms with Crippen molar-refractivity contribution >= 4 is 12.1 Å². The van der Waals surface area contributed by atoms with Gasteiger partial charge in [-0.25, -0.2) is 4.99 Å². The van der Waals surface area contributed by atoms with Gasteiger partial charge >= 0.3 is 0 Å². The highest BCUT2D eigenvalue weighted by molar-refractivity contribution is 6.12. The topological polar surface area (TPSA) is 69.2 Å². The highest BCUT2D eigenvalue weighted by Crippen LogP contribution is 2.16. The minimum Gasteiger partial charge on any atom is -0.372 e. The van der Waals surface area contributed by atoms with Crippen molar-refractivity contribution in [2.24, 2.45) is 4.99 Å². The van der Waals surface area contributed by atoms with Gasteiger partial charge in [0.2, 0.25) is 0 Å². The van der Waals surface area contributed by atoms with E-state index in [4.69, 9.17) is 4.74 Å². The van der Waals surface area contributed by atoms with Crippen LogP contribution in [0.2, 0.25) is 0 Å². The van der Waals surface area contributed by atoms with Gasteiger partial charge in [0, 0.05) is 32.6 Å². The SMILES string of the molecule is C=C/C(NC1C=CC(C)=CN1C)=C(\C=C/C)NC(=O)C(/C=N\C(=C)N1CC(C)OC(C)C1)=C/C. The first-order chi connectivity index (χ1) is 16.2. The number of ether oxygens (including phenoxy) is 1. The highest BCUT2D eigenvalue weighted by Gasteiger charge is 2.23. The fraction of sp³-hybridized carbons (Fsp3) is 0.407. The van der Waals surface area contributed by atoms with Crippen molar-refractivity contribution in [1.29, 1.82) is 0 Å². The second-order valence-electron chi connectivity index (χ2n) is 8.55. The number of likely N-dealkylation sites (N-methyl/N-ethyl adjacent to an activating group) is 1. The summed E-state index contributed by atoms with van der Waals surface area (Å²) in [5.41, 5.74) is 2.95. The van der Waals surface area contributed by atoms with E-state index in [0.29, 0.717) is 22.8 Å². The number of amides is 1. The molecule has 2 aliphatic rings. The van der Waals surface area contributed by atoms with E-state index in [1.54, 1.807) is 18.4 Å². The molecular formula is C27H39N5O2. The van der Waals surface area contributed by atoms with E-state index < -0.39 is 0 Å². The molecular weight excluding hydrogens is 426 g/mol. The van der Waals surface area contributed by atoms with E-state index in [1.807, 2.05) is 53.8 Å². The number of morpholine rings is 1. The highest BCUT2D eigenvalue weighted by atomic mass is 16.5. The number of carbonyl (C=O) groups excluding carboxylic acids is 1. The molecule has 0 radical (unpaired) electrons. The van der Waals surface area contributed by atoms with Crippen LogP contribution in [0.4, 0.5) is 0 Å². The minimum absolute atomic E-state index is 0.0572. The number of aliphatic imine (C=N–C) groups is 1. The molecule has 7 heteroatoms. The van der Waals surface area contributed by atoms with Crippen LogP contribution >= 0.6 is 0 Å². The quantitative estimate of drug-likeness (QED) is 0.306. The number of rotatable bonds is 9. The molecule has 0 bridgehead atoms. The van der Waals surface area contributed by atoms with Gasteiger partial charge in [0.15, 0.2) is 0 Å². The summed E-state index contributed by atoms with van der Waals surface area (Å²) in [5, 5.41) is 6.42. The van der Waals surface area contributed by atoms with Crippen molar-refractivity contribution in [3.05, 3.63) is 84.2 Å². The van der Waals surface area contributed by atoms with Crippen LogP contribution in [0.25, 0.3) is 0 Å². The maximum Gasteiger partial charge on any atom is 0.256 e. The van der Waals surface area contributed by atoms with Crippen molar-refractivity contribution < 1.29 is 9.53 Å². The summed E-state index contributed by atoms with van der Waals surface area (Å²) in [7, 11) is 2.00. The Morgan fingerprint density at radius 2 is 1.91 bits per heavy atom. The molecule has 0 aliphatic carbocycles. The zero-order chi connectivity index (χ0) is 25.3. The Labute approximate surface area is 204 Å². The number of nitrogens with one attached hydrogen (secondary N) is 2. The van der Waals surface area contributed by atoms with Crippen LogP contribution in [0.1, 0.15) is 34.6 Å². The third-order valence-corrected chi connectivity index (χ3v) is 5.48. The fourth-order valence-electron chi connectivity index (χ4n) is 3.82. The van der Waals surface area contributed by atoms with E-state index in [-0.39, 0.29) is 24.3 Å². The van der Waals surface area contributed by atoms with Crippen molar-refractivity contribution in [1.82, 2.24) is 20.4 Å². The maximum absolute atomic E-state index is 13.1. The van der Waals surface area contributed by atoms with Gasteiger partial charge in [0.05, 0.1) is 29.2 Å². The molecule has 2 N–H and O–H groups in total. The lowest BCUT2D eigenvalue weighted by Gasteiger charge is -2.36. The molecule has 1 saturated heterocycles. The van der Waals surface area contributed by atoms with E-state index >= 15 is 0 Å². The third kappa shape index (κ3) is 7.63. The first kappa shape index (κ1) is 26.9. The largest absolute Gasteiger partial charge is 0.372 e. The average Bonchev–Trinajstić information content (AvgIpc) is 2.78. The smallest absolute Gasteiger partial charge is 0.256 e. The summed E-state index contributed by atoms with van der Waals surface area (Å²) in [6.45, 7) is 19.3. The van der Waals surface area contributed by atoms with Gasteiger partial charge in [0.1, 0.15) is 12.0 Å². The van der Waals surface area contributed by atoms with E-state index in [2.05, 4.69) is 56.9 Å². The molecule has 1 amide bonds. The lowest BCUT2D eigenvalue weighted by atomic mass is 10.2. The Balaban J connectivity index is 2.14. The monoisotopic (exact) mass is 465 g/mol. The van der Waals surface area contributed by atoms with Crippen LogP contribution in [0.15, 0.2) is 89.2 Å². The normalized spacial score (nSPS) is 24.2. The van der Waals surface area contributed by atoms with E-state index in [9.17, 15) is 4.79 Å². The lowest BCUT2D eigenvalue weighted by Crippen LogP contribution is -2.44. The molecule has 0 aromatic heterocycles. The maximum atomic E-state index is 13.1. The molecule has 7 nitrogen and oxygen atoms in total. The molecule has 3 atom stereocenters. The molecule has 1 fully saturated rings. The fourth-order valence-corrected chi connectivity index (χ4v) is 3.82. The summed E-state index contributed by atoms with van der Waals surface area (Å²) < 4.78 is 5.77. The summed E-state index contributed by atoms with van der Waals surface area (Å²) >= 11 is 0. The van der Waals surface area contributed by atoms with Crippen molar-refractivity contribution in [2.75, 3.05) is 20.1 Å². The first-order valence-corrected chi connectivity index (χ1v) is 11.6. The molecule has 2 aliphatic heterocycles. The molecule has 34 heavy (non-hydrogen) atoms. The minimum atomic E-state index is -0.264. The molecule has 184 valence electrons. The second-order valence-corrected chi connectivity index (χ2v) is 8.55. The molecule has 0 spiro atoms. The Hall–Kier alpha value is -3.32. The van der Waals surface area contributed by atoms with Gasteiger partial charge in [-0.05, 0) is 58.4 Å². The van der Waals surface area contributed by atoms with Crippen molar-refractivity contribution in [3.8, 4) is 0 Å². The number of hydrogen-bond donors (Lipinski definition) is 2. The summed E-state index contributed by atoms with van der Waals surface area (Å²) in [6.07, 6.45) is 15.0. The van der Waals surface area contributed by atoms with Gasteiger partial charge in [-0.3, -0.25) is 4.79 Å². The number of nitrogens with zero attached hydrogens (tertiary/aromatic N) is 3. The van der Waals surface area contributed by atoms with Crippen LogP contribution in [0.3, 0.4) is 0 Å². The van der Waals surface area contributed by atoms with Gasteiger partial charge in [0.25, 0.3) is 5.91 Å². The van der Waals surface area contributed by atoms with E-state index in [0.717, 1.165) is 13.1 Å². The summed E-state index contributed by atoms with van der Waals surface area (Å²) in [5.74, 6) is 0.350. The molecule has 2 heterocycles. The Morgan fingerprint density at radius 1 is 1.24 bits per heavy atom. The van der Waals surface area contributed by atoms with Gasteiger partial charge in [-0.1, -0.05) is 31.4 Å². The van der Waals surface area contributed by atoms with Gasteiger partial charge in [-0.15, -0.1) is 0 Å². The average molecular weight is 466 g/mol. The number of allylic oxidation sites excluding steroid dienone is 6. The van der Waals surface area contributed by atoms with Gasteiger partial charge < -0.3 is 25.2 Å². The lowest BCUT2D eigenvalue weighted by molar-refractivity contribution is -0.116. The predicted molar refractivity (Wildman–Crippen MR) is 141 cm³/mol. The molecule has 2 rings (SSSR count). The molecule has 3 unspecified atom stereocenters. The van der Waals surface area contributed by atoms with Crippen molar-refractivity contribution in [3.63, 3.8) is 0 Å². The van der Waals surface area contributed by atoms with Crippen LogP contribution < -0.4 is 10.6 Å². The molecule has 0 aromatic carbocycles. The zero-order valence-corrected chi connectivity index (χ0v) is 21.3. The summed E-state index contributed by atoms with van der Waals surface area (Å²) in [4.78, 5) is 21.7. The third-order valence-electron chi connectivity index (χ3n) is 5.48. The van der Waals surface area contributed by atoms with Crippen LogP contribution in [-0.4, -0.2) is 60.4 Å². The molecule has 0 saturated carbocycles. The Kier molecular flexibility index (Phi) is 10.1. The standard InChI is InChI=1S/C27H39N5O2/c1-9-12-25(24(11-3)29-26-14-13-19(4)16-31(26)8)30-27(33)23(10-2)15-28-22(7)32-17-20(5)34-21(6)18-32/h9-16,20-21,26,29H,3,7,17-18H2,1-2,4-6,8H3,(H,30,33)/b12-9-,23-10+,25-24-,28-15-. The number of hydrogen-bond acceptors (Lipinski definition) is 6. The first-order valence-electron chi connectivity index (χ1n) is 11.6. The number of carbonyl (C=O) groups is 1. The van der Waals surface area contributed by atoms with Crippen LogP contribution in [0, 0.1) is 0 Å². The van der Waals surface area contributed by atoms with Crippen molar-refractivity contribution in [2.45, 2.75) is 53.0 Å². The Bertz CT molecular complexity index is 944. The zero-order valence-electron chi connectivity index (χ0n) is 21.3.